The molecule has 2 unspecified atom stereocenters. The summed E-state index contributed by atoms with van der Waals surface area (Å²) in [6.45, 7) is 0.186. The van der Waals surface area contributed by atoms with Crippen LogP contribution in [0.5, 0.6) is 0 Å². The summed E-state index contributed by atoms with van der Waals surface area (Å²) in [4.78, 5) is 24.9. The van der Waals surface area contributed by atoms with Crippen LogP contribution in [0.3, 0.4) is 0 Å². The molecule has 2 N–H and O–H groups in total. The quantitative estimate of drug-likeness (QED) is 0.750. The number of aliphatic hydroxyl groups is 1. The second-order valence-corrected chi connectivity index (χ2v) is 5.87. The van der Waals surface area contributed by atoms with Gasteiger partial charge in [-0.05, 0) is 24.7 Å². The molecule has 1 heterocycles. The van der Waals surface area contributed by atoms with Crippen molar-refractivity contribution in [3.05, 3.63) is 0 Å². The van der Waals surface area contributed by atoms with Crippen LogP contribution in [0.2, 0.25) is 0 Å². The summed E-state index contributed by atoms with van der Waals surface area (Å²) in [5, 5.41) is 18.7. The van der Waals surface area contributed by atoms with E-state index < -0.39 is 18.1 Å². The molecule has 3 fully saturated rings. The Morgan fingerprint density at radius 1 is 1.11 bits per heavy atom. The first-order valence-corrected chi connectivity index (χ1v) is 6.81. The largest absolute Gasteiger partial charge is 0.480 e. The first-order chi connectivity index (χ1) is 8.59. The van der Waals surface area contributed by atoms with Gasteiger partial charge in [-0.1, -0.05) is 12.8 Å². The van der Waals surface area contributed by atoms with Gasteiger partial charge in [0, 0.05) is 18.9 Å². The molecule has 0 aromatic rings. The van der Waals surface area contributed by atoms with E-state index in [4.69, 9.17) is 5.11 Å². The van der Waals surface area contributed by atoms with E-state index in [1.807, 2.05) is 0 Å². The summed E-state index contributed by atoms with van der Waals surface area (Å²) in [6, 6.07) is -0.824. The minimum Gasteiger partial charge on any atom is -0.480 e. The Morgan fingerprint density at radius 2 is 1.72 bits per heavy atom. The highest BCUT2D eigenvalue weighted by Gasteiger charge is 2.57. The van der Waals surface area contributed by atoms with E-state index in [1.54, 1.807) is 0 Å². The van der Waals surface area contributed by atoms with Crippen LogP contribution in [0.1, 0.15) is 32.1 Å². The molecule has 2 saturated carbocycles. The molecular weight excluding hydrogens is 234 g/mol. The Bertz CT molecular complexity index is 371. The van der Waals surface area contributed by atoms with Gasteiger partial charge in [0.15, 0.2) is 0 Å². The molecule has 18 heavy (non-hydrogen) atoms. The van der Waals surface area contributed by atoms with E-state index in [0.29, 0.717) is 11.8 Å². The Labute approximate surface area is 106 Å². The first-order valence-electron chi connectivity index (χ1n) is 6.81. The van der Waals surface area contributed by atoms with Crippen LogP contribution in [0.15, 0.2) is 0 Å². The number of amides is 1. The summed E-state index contributed by atoms with van der Waals surface area (Å²) < 4.78 is 0. The van der Waals surface area contributed by atoms with Gasteiger partial charge in [0.1, 0.15) is 6.04 Å². The van der Waals surface area contributed by atoms with Crippen LogP contribution in [-0.2, 0) is 9.59 Å². The molecule has 5 nitrogen and oxygen atoms in total. The van der Waals surface area contributed by atoms with Crippen molar-refractivity contribution in [2.24, 2.45) is 17.8 Å². The normalized spacial score (nSPS) is 42.5. The standard InChI is InChI=1S/C13H19NO4/c15-7-5-10(13(17)18)14(6-7)12(16)11-8-3-1-2-4-9(8)11/h7-11,15H,1-6H2,(H,17,18)/t7-,8?,9?,10-,11?/m1/s1. The van der Waals surface area contributed by atoms with Crippen LogP contribution in [0.25, 0.3) is 0 Å². The van der Waals surface area contributed by atoms with Crippen LogP contribution >= 0.6 is 0 Å². The lowest BCUT2D eigenvalue weighted by Crippen LogP contribution is -2.41. The summed E-state index contributed by atoms with van der Waals surface area (Å²) in [6.07, 6.45) is 4.08. The molecule has 3 aliphatic rings. The third-order valence-electron chi connectivity index (χ3n) is 4.79. The van der Waals surface area contributed by atoms with E-state index in [-0.39, 0.29) is 24.8 Å². The number of fused-ring (bicyclic) bond motifs is 1. The van der Waals surface area contributed by atoms with E-state index in [1.165, 1.54) is 17.7 Å². The molecule has 0 aromatic carbocycles. The molecule has 0 spiro atoms. The Kier molecular flexibility index (Phi) is 2.81. The molecule has 100 valence electrons. The van der Waals surface area contributed by atoms with Gasteiger partial charge in [0.05, 0.1) is 6.10 Å². The van der Waals surface area contributed by atoms with Crippen molar-refractivity contribution in [3.8, 4) is 0 Å². The smallest absolute Gasteiger partial charge is 0.326 e. The minimum atomic E-state index is -0.997. The summed E-state index contributed by atoms with van der Waals surface area (Å²) in [5.41, 5.74) is 0. The van der Waals surface area contributed by atoms with Crippen LogP contribution in [0, 0.1) is 17.8 Å². The summed E-state index contributed by atoms with van der Waals surface area (Å²) >= 11 is 0. The molecule has 3 rings (SSSR count). The Balaban J connectivity index is 1.70. The average molecular weight is 253 g/mol. The number of carbonyl (C=O) groups is 2. The number of β-amino-alcohol motifs (C(OH)–C–C–N with tert-alkyl or cyclic N) is 1. The molecule has 0 radical (unpaired) electrons. The molecule has 0 aromatic heterocycles. The number of likely N-dealkylation sites (tertiary alicyclic amines) is 1. The predicted octanol–water partition coefficient (Wildman–Crippen LogP) is 0.469. The molecule has 2 aliphatic carbocycles. The van der Waals surface area contributed by atoms with E-state index in [0.717, 1.165) is 12.8 Å². The molecule has 0 bridgehead atoms. The van der Waals surface area contributed by atoms with Crippen molar-refractivity contribution in [1.82, 2.24) is 4.90 Å². The number of carbonyl (C=O) groups excluding carboxylic acids is 1. The van der Waals surface area contributed by atoms with Gasteiger partial charge in [0.25, 0.3) is 0 Å². The van der Waals surface area contributed by atoms with Crippen LogP contribution < -0.4 is 0 Å². The second-order valence-electron chi connectivity index (χ2n) is 5.87. The highest BCUT2D eigenvalue weighted by molar-refractivity contribution is 5.88. The number of aliphatic hydroxyl groups excluding tert-OH is 1. The fourth-order valence-corrected chi connectivity index (χ4v) is 3.84. The molecule has 1 aliphatic heterocycles. The predicted molar refractivity (Wildman–Crippen MR) is 62.7 cm³/mol. The number of aliphatic carboxylic acids is 1. The number of rotatable bonds is 2. The highest BCUT2D eigenvalue weighted by Crippen LogP contribution is 2.56. The third kappa shape index (κ3) is 1.81. The Morgan fingerprint density at radius 3 is 2.28 bits per heavy atom. The van der Waals surface area contributed by atoms with Gasteiger partial charge < -0.3 is 15.1 Å². The molecule has 1 saturated heterocycles. The van der Waals surface area contributed by atoms with E-state index in [2.05, 4.69) is 0 Å². The summed E-state index contributed by atoms with van der Waals surface area (Å²) in [5.74, 6) is -0.0177. The molecule has 4 atom stereocenters. The van der Waals surface area contributed by atoms with Crippen LogP contribution in [0.4, 0.5) is 0 Å². The number of nitrogens with zero attached hydrogens (tertiary/aromatic N) is 1. The third-order valence-corrected chi connectivity index (χ3v) is 4.79. The number of carboxylic acids is 1. The lowest BCUT2D eigenvalue weighted by Gasteiger charge is -2.21. The van der Waals surface area contributed by atoms with Crippen molar-refractivity contribution in [3.63, 3.8) is 0 Å². The fourth-order valence-electron chi connectivity index (χ4n) is 3.84. The average Bonchev–Trinajstić information content (AvgIpc) is 2.94. The molecular formula is C13H19NO4. The van der Waals surface area contributed by atoms with Gasteiger partial charge >= 0.3 is 5.97 Å². The zero-order valence-corrected chi connectivity index (χ0v) is 10.3. The van der Waals surface area contributed by atoms with Crippen molar-refractivity contribution >= 4 is 11.9 Å². The van der Waals surface area contributed by atoms with Gasteiger partial charge in [-0.15, -0.1) is 0 Å². The maximum absolute atomic E-state index is 12.4. The topological polar surface area (TPSA) is 77.8 Å². The number of hydrogen-bond donors (Lipinski definition) is 2. The van der Waals surface area contributed by atoms with Crippen molar-refractivity contribution in [1.29, 1.82) is 0 Å². The highest BCUT2D eigenvalue weighted by atomic mass is 16.4. The van der Waals surface area contributed by atoms with Crippen molar-refractivity contribution in [2.45, 2.75) is 44.2 Å². The minimum absolute atomic E-state index is 0.0316. The zero-order chi connectivity index (χ0) is 12.9. The summed E-state index contributed by atoms with van der Waals surface area (Å²) in [7, 11) is 0. The number of hydrogen-bond acceptors (Lipinski definition) is 3. The lowest BCUT2D eigenvalue weighted by molar-refractivity contribution is -0.149. The van der Waals surface area contributed by atoms with Gasteiger partial charge in [0.2, 0.25) is 5.91 Å². The lowest BCUT2D eigenvalue weighted by atomic mass is 10.0. The maximum Gasteiger partial charge on any atom is 0.326 e. The number of carboxylic acid groups (broad SMARTS) is 1. The molecule has 1 amide bonds. The maximum atomic E-state index is 12.4. The molecule has 5 heteroatoms. The van der Waals surface area contributed by atoms with Crippen molar-refractivity contribution < 1.29 is 19.8 Å². The zero-order valence-electron chi connectivity index (χ0n) is 10.3. The van der Waals surface area contributed by atoms with Gasteiger partial charge in [-0.25, -0.2) is 4.79 Å². The Hall–Kier alpha value is -1.10. The monoisotopic (exact) mass is 253 g/mol. The van der Waals surface area contributed by atoms with Crippen LogP contribution in [-0.4, -0.2) is 45.7 Å². The van der Waals surface area contributed by atoms with Gasteiger partial charge in [-0.2, -0.15) is 0 Å². The van der Waals surface area contributed by atoms with E-state index >= 15 is 0 Å². The fraction of sp³-hybridized carbons (Fsp3) is 0.846. The van der Waals surface area contributed by atoms with Gasteiger partial charge in [-0.3, -0.25) is 4.79 Å². The van der Waals surface area contributed by atoms with Crippen molar-refractivity contribution in [2.75, 3.05) is 6.54 Å². The van der Waals surface area contributed by atoms with E-state index in [9.17, 15) is 14.7 Å². The SMILES string of the molecule is O=C(O)[C@H]1C[C@@H](O)CN1C(=O)C1C2CCCCC21. The second kappa shape index (κ2) is 4.23. The first kappa shape index (κ1) is 12.0.